The molecule has 3 unspecified atom stereocenters. The summed E-state index contributed by atoms with van der Waals surface area (Å²) in [6.45, 7) is 2.02. The summed E-state index contributed by atoms with van der Waals surface area (Å²) >= 11 is 0. The van der Waals surface area contributed by atoms with Crippen LogP contribution in [-0.2, 0) is 22.7 Å². The fourth-order valence-electron chi connectivity index (χ4n) is 4.76. The second kappa shape index (κ2) is 7.78. The SMILES string of the molecule is O=C(NCCCC(=O)N1Cc2ccccc2C1)C1CC2CCCCC2N1. The molecule has 2 aliphatic heterocycles. The van der Waals surface area contributed by atoms with Crippen LogP contribution in [0.15, 0.2) is 24.3 Å². The molecule has 1 saturated heterocycles. The maximum absolute atomic E-state index is 12.4. The van der Waals surface area contributed by atoms with Gasteiger partial charge in [-0.1, -0.05) is 37.1 Å². The Morgan fingerprint density at radius 1 is 1.12 bits per heavy atom. The second-order valence-electron chi connectivity index (χ2n) is 8.02. The third-order valence-corrected chi connectivity index (χ3v) is 6.24. The van der Waals surface area contributed by atoms with Gasteiger partial charge in [0.2, 0.25) is 11.8 Å². The van der Waals surface area contributed by atoms with Crippen molar-refractivity contribution < 1.29 is 9.59 Å². The van der Waals surface area contributed by atoms with Gasteiger partial charge >= 0.3 is 0 Å². The highest BCUT2D eigenvalue weighted by atomic mass is 16.2. The van der Waals surface area contributed by atoms with E-state index in [1.165, 1.54) is 36.8 Å². The Hall–Kier alpha value is -1.88. The van der Waals surface area contributed by atoms with Crippen molar-refractivity contribution in [2.45, 2.75) is 70.1 Å². The quantitative estimate of drug-likeness (QED) is 0.797. The Labute approximate surface area is 155 Å². The first-order chi connectivity index (χ1) is 12.7. The zero-order valence-electron chi connectivity index (χ0n) is 15.4. The maximum Gasteiger partial charge on any atom is 0.237 e. The minimum absolute atomic E-state index is 0.0353. The molecular formula is C21H29N3O2. The van der Waals surface area contributed by atoms with E-state index in [1.807, 2.05) is 17.0 Å². The maximum atomic E-state index is 12.4. The molecule has 4 rings (SSSR count). The van der Waals surface area contributed by atoms with Gasteiger partial charge in [-0.15, -0.1) is 0 Å². The minimum Gasteiger partial charge on any atom is -0.355 e. The van der Waals surface area contributed by atoms with Gasteiger partial charge in [0.25, 0.3) is 0 Å². The number of hydrogen-bond acceptors (Lipinski definition) is 3. The van der Waals surface area contributed by atoms with E-state index in [2.05, 4.69) is 22.8 Å². The lowest BCUT2D eigenvalue weighted by molar-refractivity contribution is -0.132. The normalized spacial score (nSPS) is 27.1. The molecule has 0 aromatic heterocycles. The largest absolute Gasteiger partial charge is 0.355 e. The van der Waals surface area contributed by atoms with Crippen molar-refractivity contribution in [1.29, 1.82) is 0 Å². The number of nitrogens with zero attached hydrogens (tertiary/aromatic N) is 1. The van der Waals surface area contributed by atoms with Crippen LogP contribution in [0.3, 0.4) is 0 Å². The number of fused-ring (bicyclic) bond motifs is 2. The Kier molecular flexibility index (Phi) is 5.25. The van der Waals surface area contributed by atoms with E-state index in [9.17, 15) is 9.59 Å². The van der Waals surface area contributed by atoms with Crippen LogP contribution in [0.25, 0.3) is 0 Å². The van der Waals surface area contributed by atoms with Gasteiger partial charge in [-0.3, -0.25) is 9.59 Å². The molecule has 140 valence electrons. The molecule has 1 aromatic carbocycles. The molecule has 2 fully saturated rings. The lowest BCUT2D eigenvalue weighted by atomic mass is 9.85. The highest BCUT2D eigenvalue weighted by molar-refractivity contribution is 5.82. The first kappa shape index (κ1) is 17.5. The van der Waals surface area contributed by atoms with Crippen LogP contribution in [0.1, 0.15) is 56.1 Å². The average Bonchev–Trinajstić information content (AvgIpc) is 3.28. The fraction of sp³-hybridized carbons (Fsp3) is 0.619. The molecule has 5 nitrogen and oxygen atoms in total. The van der Waals surface area contributed by atoms with Gasteiger partial charge in [0.15, 0.2) is 0 Å². The number of carbonyl (C=O) groups is 2. The summed E-state index contributed by atoms with van der Waals surface area (Å²) in [4.78, 5) is 26.7. The standard InChI is InChI=1S/C21H29N3O2/c25-20(24-13-16-7-1-2-8-17(16)14-24)10-5-11-22-21(26)19-12-15-6-3-4-9-18(15)23-19/h1-2,7-8,15,18-19,23H,3-6,9-14H2,(H,22,26). The first-order valence-corrected chi connectivity index (χ1v) is 10.1. The number of carbonyl (C=O) groups excluding carboxylic acids is 2. The second-order valence-corrected chi connectivity index (χ2v) is 8.02. The molecular weight excluding hydrogens is 326 g/mol. The highest BCUT2D eigenvalue weighted by Gasteiger charge is 2.37. The minimum atomic E-state index is -0.0353. The molecule has 2 N–H and O–H groups in total. The van der Waals surface area contributed by atoms with Crippen molar-refractivity contribution in [2.75, 3.05) is 6.54 Å². The molecule has 26 heavy (non-hydrogen) atoms. The van der Waals surface area contributed by atoms with Crippen molar-refractivity contribution in [3.63, 3.8) is 0 Å². The monoisotopic (exact) mass is 355 g/mol. The zero-order chi connectivity index (χ0) is 17.9. The van der Waals surface area contributed by atoms with E-state index in [0.717, 1.165) is 19.5 Å². The van der Waals surface area contributed by atoms with Crippen LogP contribution in [-0.4, -0.2) is 35.3 Å². The van der Waals surface area contributed by atoms with E-state index in [-0.39, 0.29) is 17.9 Å². The smallest absolute Gasteiger partial charge is 0.237 e. The van der Waals surface area contributed by atoms with Crippen LogP contribution < -0.4 is 10.6 Å². The molecule has 0 bridgehead atoms. The molecule has 1 aromatic rings. The van der Waals surface area contributed by atoms with Gasteiger partial charge in [0.1, 0.15) is 0 Å². The molecule has 2 amide bonds. The predicted octanol–water partition coefficient (Wildman–Crippen LogP) is 2.35. The van der Waals surface area contributed by atoms with Gasteiger partial charge in [-0.05, 0) is 42.7 Å². The number of rotatable bonds is 5. The highest BCUT2D eigenvalue weighted by Crippen LogP contribution is 2.33. The van der Waals surface area contributed by atoms with E-state index in [0.29, 0.717) is 31.3 Å². The summed E-state index contributed by atoms with van der Waals surface area (Å²) in [6, 6.07) is 8.74. The van der Waals surface area contributed by atoms with Crippen molar-refractivity contribution in [3.8, 4) is 0 Å². The Morgan fingerprint density at radius 2 is 1.85 bits per heavy atom. The van der Waals surface area contributed by atoms with Crippen LogP contribution in [0.2, 0.25) is 0 Å². The van der Waals surface area contributed by atoms with Crippen LogP contribution >= 0.6 is 0 Å². The number of hydrogen-bond donors (Lipinski definition) is 2. The first-order valence-electron chi connectivity index (χ1n) is 10.1. The van der Waals surface area contributed by atoms with Crippen LogP contribution in [0, 0.1) is 5.92 Å². The summed E-state index contributed by atoms with van der Waals surface area (Å²) < 4.78 is 0. The molecule has 5 heteroatoms. The van der Waals surface area contributed by atoms with Gasteiger partial charge in [-0.2, -0.15) is 0 Å². The number of benzene rings is 1. The topological polar surface area (TPSA) is 61.4 Å². The predicted molar refractivity (Wildman–Crippen MR) is 100 cm³/mol. The number of amides is 2. The molecule has 0 radical (unpaired) electrons. The Bertz CT molecular complexity index is 636. The lowest BCUT2D eigenvalue weighted by Gasteiger charge is -2.24. The van der Waals surface area contributed by atoms with E-state index in [1.54, 1.807) is 0 Å². The molecule has 1 aliphatic carbocycles. The van der Waals surface area contributed by atoms with E-state index in [4.69, 9.17) is 0 Å². The molecule has 1 saturated carbocycles. The van der Waals surface area contributed by atoms with Gasteiger partial charge in [-0.25, -0.2) is 0 Å². The lowest BCUT2D eigenvalue weighted by Crippen LogP contribution is -2.43. The van der Waals surface area contributed by atoms with Crippen molar-refractivity contribution in [2.24, 2.45) is 5.92 Å². The third kappa shape index (κ3) is 3.78. The zero-order valence-corrected chi connectivity index (χ0v) is 15.4. The average molecular weight is 355 g/mol. The van der Waals surface area contributed by atoms with Crippen molar-refractivity contribution in [3.05, 3.63) is 35.4 Å². The van der Waals surface area contributed by atoms with Crippen molar-refractivity contribution >= 4 is 11.8 Å². The van der Waals surface area contributed by atoms with Crippen molar-refractivity contribution in [1.82, 2.24) is 15.5 Å². The summed E-state index contributed by atoms with van der Waals surface area (Å²) in [5, 5.41) is 6.54. The third-order valence-electron chi connectivity index (χ3n) is 6.24. The van der Waals surface area contributed by atoms with E-state index < -0.39 is 0 Å². The summed E-state index contributed by atoms with van der Waals surface area (Å²) in [5.41, 5.74) is 2.51. The summed E-state index contributed by atoms with van der Waals surface area (Å²) in [6.07, 6.45) is 7.23. The van der Waals surface area contributed by atoms with Crippen LogP contribution in [0.5, 0.6) is 0 Å². The molecule has 0 spiro atoms. The molecule has 3 aliphatic rings. The fourth-order valence-corrected chi connectivity index (χ4v) is 4.76. The van der Waals surface area contributed by atoms with Gasteiger partial charge < -0.3 is 15.5 Å². The van der Waals surface area contributed by atoms with Crippen LogP contribution in [0.4, 0.5) is 0 Å². The summed E-state index contributed by atoms with van der Waals surface area (Å²) in [7, 11) is 0. The van der Waals surface area contributed by atoms with Gasteiger partial charge in [0.05, 0.1) is 6.04 Å². The number of nitrogens with one attached hydrogen (secondary N) is 2. The Balaban J connectivity index is 1.15. The molecule has 3 atom stereocenters. The molecule has 2 heterocycles. The van der Waals surface area contributed by atoms with Gasteiger partial charge in [0, 0.05) is 32.1 Å². The Morgan fingerprint density at radius 3 is 2.58 bits per heavy atom. The summed E-state index contributed by atoms with van der Waals surface area (Å²) in [5.74, 6) is 0.971. The van der Waals surface area contributed by atoms with E-state index >= 15 is 0 Å².